The van der Waals surface area contributed by atoms with Crippen molar-refractivity contribution in [3.63, 3.8) is 0 Å². The standard InChI is InChI=1S/C20H18N4O3.O2S/c1-12-4-6-15(7-5-12)27-17-11-14(10-16-19(17)26-13(2)21-16)20(25)22-18-8-9-24(3)23-18;1-3-2/h4-11H,1-3H3,(H,22,23,25);. The van der Waals surface area contributed by atoms with Crippen molar-refractivity contribution in [1.82, 2.24) is 14.8 Å². The van der Waals surface area contributed by atoms with Gasteiger partial charge in [0.25, 0.3) is 5.91 Å². The zero-order chi connectivity index (χ0) is 21.7. The first-order valence-corrected chi connectivity index (χ1v) is 9.44. The van der Waals surface area contributed by atoms with E-state index in [4.69, 9.17) is 17.6 Å². The molecule has 4 rings (SSSR count). The third-order valence-corrected chi connectivity index (χ3v) is 4.03. The molecule has 1 amide bonds. The van der Waals surface area contributed by atoms with Crippen LogP contribution in [0.1, 0.15) is 21.8 Å². The summed E-state index contributed by atoms with van der Waals surface area (Å²) < 4.78 is 29.8. The Morgan fingerprint density at radius 3 is 2.47 bits per heavy atom. The van der Waals surface area contributed by atoms with Gasteiger partial charge in [0.05, 0.1) is 0 Å². The van der Waals surface area contributed by atoms with E-state index >= 15 is 0 Å². The van der Waals surface area contributed by atoms with E-state index < -0.39 is 11.6 Å². The number of nitrogens with one attached hydrogen (secondary N) is 1. The number of carbonyl (C=O) groups is 1. The van der Waals surface area contributed by atoms with Crippen LogP contribution < -0.4 is 10.1 Å². The van der Waals surface area contributed by atoms with Crippen molar-refractivity contribution in [3.05, 3.63) is 65.7 Å². The molecule has 0 saturated heterocycles. The van der Waals surface area contributed by atoms with E-state index in [1.165, 1.54) is 0 Å². The second-order valence-electron chi connectivity index (χ2n) is 6.37. The first-order chi connectivity index (χ1) is 14.4. The summed E-state index contributed by atoms with van der Waals surface area (Å²) in [5.41, 5.74) is 2.60. The minimum absolute atomic E-state index is 0.301. The summed E-state index contributed by atoms with van der Waals surface area (Å²) in [6.07, 6.45) is 1.76. The quantitative estimate of drug-likeness (QED) is 0.530. The molecule has 30 heavy (non-hydrogen) atoms. The molecule has 0 radical (unpaired) electrons. The predicted molar refractivity (Wildman–Crippen MR) is 110 cm³/mol. The largest absolute Gasteiger partial charge is 0.453 e. The summed E-state index contributed by atoms with van der Waals surface area (Å²) in [6, 6.07) is 12.7. The van der Waals surface area contributed by atoms with Crippen LogP contribution in [-0.4, -0.2) is 29.1 Å². The maximum atomic E-state index is 12.6. The molecular formula is C20H18N4O5S. The van der Waals surface area contributed by atoms with Crippen molar-refractivity contribution in [2.24, 2.45) is 7.05 Å². The van der Waals surface area contributed by atoms with Crippen molar-refractivity contribution in [1.29, 1.82) is 0 Å². The third-order valence-electron chi connectivity index (χ3n) is 4.03. The number of hydrogen-bond donors (Lipinski definition) is 1. The minimum atomic E-state index is -0.750. The molecule has 0 bridgehead atoms. The molecule has 1 N–H and O–H groups in total. The van der Waals surface area contributed by atoms with Gasteiger partial charge in [0, 0.05) is 31.8 Å². The molecular weight excluding hydrogens is 408 g/mol. The molecule has 0 fully saturated rings. The lowest BCUT2D eigenvalue weighted by molar-refractivity contribution is 0.102. The van der Waals surface area contributed by atoms with Crippen LogP contribution >= 0.6 is 0 Å². The molecule has 2 aromatic carbocycles. The third kappa shape index (κ3) is 4.97. The Labute approximate surface area is 175 Å². The molecule has 0 aliphatic heterocycles. The van der Waals surface area contributed by atoms with Gasteiger partial charge in [0.1, 0.15) is 11.3 Å². The first-order valence-electron chi connectivity index (χ1n) is 8.78. The highest BCUT2D eigenvalue weighted by atomic mass is 32.1. The molecule has 10 heteroatoms. The van der Waals surface area contributed by atoms with Crippen LogP contribution in [-0.2, 0) is 18.6 Å². The van der Waals surface area contributed by atoms with Crippen molar-refractivity contribution < 1.29 is 22.4 Å². The van der Waals surface area contributed by atoms with Crippen molar-refractivity contribution in [2.75, 3.05) is 5.32 Å². The number of rotatable bonds is 4. The van der Waals surface area contributed by atoms with Gasteiger partial charge in [-0.25, -0.2) is 4.98 Å². The number of amides is 1. The van der Waals surface area contributed by atoms with E-state index in [0.717, 1.165) is 5.56 Å². The monoisotopic (exact) mass is 426 g/mol. The highest BCUT2D eigenvalue weighted by Gasteiger charge is 2.17. The smallest absolute Gasteiger partial charge is 0.335 e. The topological polar surface area (TPSA) is 116 Å². The van der Waals surface area contributed by atoms with Gasteiger partial charge >= 0.3 is 11.6 Å². The Morgan fingerprint density at radius 1 is 1.13 bits per heavy atom. The molecule has 4 aromatic rings. The van der Waals surface area contributed by atoms with Crippen LogP contribution in [0.4, 0.5) is 5.82 Å². The number of anilines is 1. The van der Waals surface area contributed by atoms with E-state index in [0.29, 0.717) is 39.9 Å². The highest BCUT2D eigenvalue weighted by molar-refractivity contribution is 7.51. The number of ether oxygens (including phenoxy) is 1. The lowest BCUT2D eigenvalue weighted by Crippen LogP contribution is -2.12. The summed E-state index contributed by atoms with van der Waals surface area (Å²) in [6.45, 7) is 3.76. The van der Waals surface area contributed by atoms with Gasteiger partial charge in [0.15, 0.2) is 23.0 Å². The van der Waals surface area contributed by atoms with Crippen molar-refractivity contribution in [3.8, 4) is 11.5 Å². The molecule has 2 aromatic heterocycles. The number of oxazole rings is 1. The van der Waals surface area contributed by atoms with E-state index in [9.17, 15) is 4.79 Å². The fourth-order valence-electron chi connectivity index (χ4n) is 2.72. The van der Waals surface area contributed by atoms with Gasteiger partial charge in [-0.05, 0) is 31.2 Å². The molecule has 154 valence electrons. The summed E-state index contributed by atoms with van der Waals surface area (Å²) in [5, 5.41) is 6.92. The Morgan fingerprint density at radius 2 is 1.83 bits per heavy atom. The zero-order valence-electron chi connectivity index (χ0n) is 16.4. The highest BCUT2D eigenvalue weighted by Crippen LogP contribution is 2.32. The van der Waals surface area contributed by atoms with Crippen LogP contribution in [0, 0.1) is 13.8 Å². The summed E-state index contributed by atoms with van der Waals surface area (Å²) in [5.74, 6) is 1.76. The predicted octanol–water partition coefficient (Wildman–Crippen LogP) is 3.55. The van der Waals surface area contributed by atoms with Crippen LogP contribution in [0.3, 0.4) is 0 Å². The van der Waals surface area contributed by atoms with E-state index in [-0.39, 0.29) is 5.91 Å². The second kappa shape index (κ2) is 9.14. The van der Waals surface area contributed by atoms with Crippen LogP contribution in [0.15, 0.2) is 53.1 Å². The fraction of sp³-hybridized carbons (Fsp3) is 0.150. The molecule has 2 heterocycles. The van der Waals surface area contributed by atoms with Crippen molar-refractivity contribution in [2.45, 2.75) is 13.8 Å². The molecule has 0 aliphatic rings. The number of nitrogens with zero attached hydrogens (tertiary/aromatic N) is 3. The normalized spacial score (nSPS) is 10.2. The summed E-state index contributed by atoms with van der Waals surface area (Å²) >= 11 is -0.750. The van der Waals surface area contributed by atoms with Gasteiger partial charge in [-0.1, -0.05) is 17.7 Å². The molecule has 0 atom stereocenters. The van der Waals surface area contributed by atoms with Crippen LogP contribution in [0.25, 0.3) is 11.1 Å². The Bertz CT molecular complexity index is 1220. The molecule has 0 aliphatic carbocycles. The molecule has 0 unspecified atom stereocenters. The number of benzene rings is 2. The van der Waals surface area contributed by atoms with Gasteiger partial charge in [0.2, 0.25) is 0 Å². The minimum Gasteiger partial charge on any atom is -0.453 e. The van der Waals surface area contributed by atoms with Gasteiger partial charge < -0.3 is 14.5 Å². The molecule has 0 spiro atoms. The second-order valence-corrected chi connectivity index (χ2v) is 6.50. The van der Waals surface area contributed by atoms with Gasteiger partial charge in [-0.15, -0.1) is 0 Å². The average molecular weight is 426 g/mol. The number of aryl methyl sites for hydroxylation is 3. The molecule has 9 nitrogen and oxygen atoms in total. The van der Waals surface area contributed by atoms with Crippen LogP contribution in [0.5, 0.6) is 11.5 Å². The fourth-order valence-corrected chi connectivity index (χ4v) is 2.72. The van der Waals surface area contributed by atoms with Crippen molar-refractivity contribution >= 4 is 34.4 Å². The Kier molecular flexibility index (Phi) is 6.38. The maximum Gasteiger partial charge on any atom is 0.335 e. The van der Waals surface area contributed by atoms with Gasteiger partial charge in [-0.2, -0.15) is 13.5 Å². The van der Waals surface area contributed by atoms with Gasteiger partial charge in [-0.3, -0.25) is 9.48 Å². The zero-order valence-corrected chi connectivity index (χ0v) is 17.2. The van der Waals surface area contributed by atoms with Crippen LogP contribution in [0.2, 0.25) is 0 Å². The number of carbonyl (C=O) groups excluding carboxylic acids is 1. The maximum absolute atomic E-state index is 12.6. The lowest BCUT2D eigenvalue weighted by atomic mass is 10.1. The van der Waals surface area contributed by atoms with E-state index in [2.05, 4.69) is 15.4 Å². The Balaban J connectivity index is 0.000000806. The summed E-state index contributed by atoms with van der Waals surface area (Å²) in [4.78, 5) is 17.0. The summed E-state index contributed by atoms with van der Waals surface area (Å²) in [7, 11) is 1.79. The van der Waals surface area contributed by atoms with E-state index in [1.807, 2.05) is 31.2 Å². The number of aromatic nitrogens is 3. The lowest BCUT2D eigenvalue weighted by Gasteiger charge is -2.08. The Hall–Kier alpha value is -3.79. The number of hydrogen-bond acceptors (Lipinski definition) is 7. The number of fused-ring (bicyclic) bond motifs is 1. The first kappa shape index (κ1) is 20.9. The molecule has 0 saturated carbocycles. The van der Waals surface area contributed by atoms with E-state index in [1.54, 1.807) is 43.0 Å². The average Bonchev–Trinajstić information content (AvgIpc) is 3.28. The SMILES string of the molecule is Cc1ccc(Oc2cc(C(=O)Nc3ccn(C)n3)cc3nc(C)oc23)cc1.O=S=O.